The first-order chi connectivity index (χ1) is 17.5. The molecule has 2 unspecified atom stereocenters. The summed E-state index contributed by atoms with van der Waals surface area (Å²) in [6.45, 7) is 3.04. The number of quaternary nitrogens is 1. The van der Waals surface area contributed by atoms with Crippen molar-refractivity contribution in [3.05, 3.63) is 0 Å². The van der Waals surface area contributed by atoms with Crippen LogP contribution in [-0.4, -0.2) is 89.8 Å². The van der Waals surface area contributed by atoms with Crippen molar-refractivity contribution in [2.75, 3.05) is 68.2 Å². The molecule has 1 amide bonds. The van der Waals surface area contributed by atoms with Crippen LogP contribution in [0.1, 0.15) is 96.8 Å². The van der Waals surface area contributed by atoms with Gasteiger partial charge in [0.05, 0.1) is 34.4 Å². The molecular weight excluding hydrogens is 495 g/mol. The van der Waals surface area contributed by atoms with Crippen LogP contribution in [0.25, 0.3) is 0 Å². The Bertz CT molecular complexity index is 600. The molecule has 9 nitrogen and oxygen atoms in total. The van der Waals surface area contributed by atoms with Crippen molar-refractivity contribution >= 4 is 13.9 Å². The maximum absolute atomic E-state index is 12.0. The van der Waals surface area contributed by atoms with Gasteiger partial charge in [-0.3, -0.25) is 4.57 Å². The van der Waals surface area contributed by atoms with Gasteiger partial charge >= 0.3 is 6.09 Å². The Labute approximate surface area is 227 Å². The molecule has 10 heteroatoms. The van der Waals surface area contributed by atoms with Gasteiger partial charge in [0, 0.05) is 20.7 Å². The summed E-state index contributed by atoms with van der Waals surface area (Å²) in [5.74, 6) is 0. The van der Waals surface area contributed by atoms with Crippen molar-refractivity contribution < 1.29 is 37.3 Å². The largest absolute Gasteiger partial charge is 0.756 e. The molecule has 0 aliphatic carbocycles. The van der Waals surface area contributed by atoms with Crippen LogP contribution in [0.5, 0.6) is 0 Å². The van der Waals surface area contributed by atoms with Gasteiger partial charge in [0.1, 0.15) is 13.2 Å². The van der Waals surface area contributed by atoms with E-state index in [2.05, 4.69) is 6.92 Å². The molecule has 0 aliphatic heterocycles. The van der Waals surface area contributed by atoms with E-state index in [4.69, 9.17) is 18.5 Å². The van der Waals surface area contributed by atoms with Gasteiger partial charge in [0.2, 0.25) is 0 Å². The fourth-order valence-corrected chi connectivity index (χ4v) is 4.34. The van der Waals surface area contributed by atoms with E-state index in [-0.39, 0.29) is 19.8 Å². The van der Waals surface area contributed by atoms with Gasteiger partial charge in [-0.05, 0) is 6.42 Å². The Kier molecular flexibility index (Phi) is 21.7. The number of rotatable bonds is 25. The molecule has 0 saturated heterocycles. The van der Waals surface area contributed by atoms with Gasteiger partial charge in [-0.2, -0.15) is 0 Å². The first kappa shape index (κ1) is 36.3. The third-order valence-corrected chi connectivity index (χ3v) is 6.97. The monoisotopic (exact) mass is 552 g/mol. The van der Waals surface area contributed by atoms with E-state index in [1.165, 1.54) is 81.9 Å². The maximum atomic E-state index is 12.0. The molecule has 2 atom stereocenters. The molecule has 0 spiro atoms. The van der Waals surface area contributed by atoms with Gasteiger partial charge in [-0.15, -0.1) is 0 Å². The lowest BCUT2D eigenvalue weighted by Crippen LogP contribution is -2.38. The van der Waals surface area contributed by atoms with Crippen molar-refractivity contribution in [3.63, 3.8) is 0 Å². The number of phosphoric acid groups is 1. The van der Waals surface area contributed by atoms with Gasteiger partial charge < -0.3 is 32.8 Å². The molecular formula is C27H57N2O7P. The molecule has 222 valence electrons. The van der Waals surface area contributed by atoms with Gasteiger partial charge in [-0.25, -0.2) is 4.79 Å². The zero-order chi connectivity index (χ0) is 28.0. The highest BCUT2D eigenvalue weighted by Gasteiger charge is 2.21. The number of amides is 1. The molecule has 37 heavy (non-hydrogen) atoms. The van der Waals surface area contributed by atoms with E-state index in [1.807, 2.05) is 21.1 Å². The van der Waals surface area contributed by atoms with Crippen molar-refractivity contribution in [1.82, 2.24) is 4.90 Å². The second kappa shape index (κ2) is 22.2. The number of phosphoric ester groups is 1. The number of carbonyl (C=O) groups is 1. The third kappa shape index (κ3) is 25.3. The van der Waals surface area contributed by atoms with Gasteiger partial charge in [0.15, 0.2) is 6.10 Å². The summed E-state index contributed by atoms with van der Waals surface area (Å²) in [5, 5.41) is 0. The predicted octanol–water partition coefficient (Wildman–Crippen LogP) is 5.76. The Hall–Kier alpha value is -0.700. The number of likely N-dealkylation sites (N-methyl/N-ethyl adjacent to an activating group) is 1. The van der Waals surface area contributed by atoms with E-state index in [1.54, 1.807) is 14.1 Å². The summed E-state index contributed by atoms with van der Waals surface area (Å²) in [4.78, 5) is 25.3. The zero-order valence-electron chi connectivity index (χ0n) is 24.7. The highest BCUT2D eigenvalue weighted by atomic mass is 31.2. The summed E-state index contributed by atoms with van der Waals surface area (Å²) < 4.78 is 33.5. The molecule has 0 bridgehead atoms. The van der Waals surface area contributed by atoms with Crippen molar-refractivity contribution in [3.8, 4) is 0 Å². The van der Waals surface area contributed by atoms with Crippen molar-refractivity contribution in [2.24, 2.45) is 0 Å². The number of ether oxygens (including phenoxy) is 2. The van der Waals surface area contributed by atoms with Crippen molar-refractivity contribution in [2.45, 2.75) is 103 Å². The molecule has 0 N–H and O–H groups in total. The minimum Gasteiger partial charge on any atom is -0.756 e. The number of nitrogens with zero attached hydrogens (tertiary/aromatic N) is 2. The second-order valence-electron chi connectivity index (χ2n) is 11.2. The summed E-state index contributed by atoms with van der Waals surface area (Å²) in [6.07, 6.45) is 16.6. The Morgan fingerprint density at radius 2 is 1.27 bits per heavy atom. The van der Waals surface area contributed by atoms with Gasteiger partial charge in [0.25, 0.3) is 7.82 Å². The van der Waals surface area contributed by atoms with Crippen LogP contribution < -0.4 is 4.89 Å². The lowest BCUT2D eigenvalue weighted by molar-refractivity contribution is -0.870. The third-order valence-electron chi connectivity index (χ3n) is 6.01. The van der Waals surface area contributed by atoms with Crippen LogP contribution in [0.2, 0.25) is 0 Å². The second-order valence-corrected chi connectivity index (χ2v) is 12.6. The number of hydrogen-bond donors (Lipinski definition) is 0. The fourth-order valence-electron chi connectivity index (χ4n) is 3.62. The maximum Gasteiger partial charge on any atom is 0.409 e. The van der Waals surface area contributed by atoms with E-state index in [0.29, 0.717) is 17.6 Å². The summed E-state index contributed by atoms with van der Waals surface area (Å²) in [5.41, 5.74) is 0. The molecule has 0 radical (unpaired) electrons. The van der Waals surface area contributed by atoms with Gasteiger partial charge in [-0.1, -0.05) is 90.4 Å². The van der Waals surface area contributed by atoms with Crippen molar-refractivity contribution in [1.29, 1.82) is 0 Å². The normalized spacial score (nSPS) is 14.4. The molecule has 0 aromatic heterocycles. The van der Waals surface area contributed by atoms with Crippen LogP contribution in [0.4, 0.5) is 4.79 Å². The molecule has 0 fully saturated rings. The molecule has 0 rings (SSSR count). The van der Waals surface area contributed by atoms with E-state index < -0.39 is 20.0 Å². The summed E-state index contributed by atoms with van der Waals surface area (Å²) >= 11 is 0. The average molecular weight is 553 g/mol. The van der Waals surface area contributed by atoms with Crippen LogP contribution in [-0.2, 0) is 23.1 Å². The highest BCUT2D eigenvalue weighted by Crippen LogP contribution is 2.38. The molecule has 0 heterocycles. The van der Waals surface area contributed by atoms with Crippen LogP contribution in [0.15, 0.2) is 0 Å². The zero-order valence-corrected chi connectivity index (χ0v) is 25.6. The molecule has 0 aromatic rings. The Morgan fingerprint density at radius 3 is 1.73 bits per heavy atom. The fraction of sp³-hybridized carbons (Fsp3) is 0.963. The predicted molar refractivity (Wildman–Crippen MR) is 147 cm³/mol. The minimum absolute atomic E-state index is 0.0159. The highest BCUT2D eigenvalue weighted by molar-refractivity contribution is 7.45. The van der Waals surface area contributed by atoms with Crippen LogP contribution in [0, 0.1) is 0 Å². The first-order valence-corrected chi connectivity index (χ1v) is 15.8. The minimum atomic E-state index is -4.50. The van der Waals surface area contributed by atoms with Crippen LogP contribution >= 0.6 is 7.82 Å². The lowest BCUT2D eigenvalue weighted by atomic mass is 10.0. The standard InChI is InChI=1S/C27H57N2O7P/c1-7-8-9-10-11-12-13-14-15-16-17-18-19-20-22-33-24-26(36-27(30)28(2)3)25-35-37(31,32)34-23-21-29(4,5)6/h26H,7-25H2,1-6H3. The summed E-state index contributed by atoms with van der Waals surface area (Å²) in [7, 11) is 4.43. The molecule has 0 aliphatic rings. The number of carbonyl (C=O) groups excluding carboxylic acids is 1. The van der Waals surface area contributed by atoms with Crippen LogP contribution in [0.3, 0.4) is 0 Å². The smallest absolute Gasteiger partial charge is 0.409 e. The summed E-state index contributed by atoms with van der Waals surface area (Å²) in [6, 6.07) is 0. The molecule has 0 saturated carbocycles. The van der Waals surface area contributed by atoms with E-state index in [0.717, 1.165) is 12.8 Å². The first-order valence-electron chi connectivity index (χ1n) is 14.3. The SMILES string of the molecule is CCCCCCCCCCCCCCCCOCC(COP(=O)([O-])OCC[N+](C)(C)C)OC(=O)N(C)C. The average Bonchev–Trinajstić information content (AvgIpc) is 2.81. The van der Waals surface area contributed by atoms with E-state index >= 15 is 0 Å². The molecule has 0 aromatic carbocycles. The quantitative estimate of drug-likeness (QED) is 0.0807. The Balaban J connectivity index is 3.98. The van der Waals surface area contributed by atoms with E-state index in [9.17, 15) is 14.3 Å². The lowest BCUT2D eigenvalue weighted by Gasteiger charge is -2.28. The number of unbranched alkanes of at least 4 members (excludes halogenated alkanes) is 13. The number of hydrogen-bond acceptors (Lipinski definition) is 7. The topological polar surface area (TPSA) is 97.4 Å². The Morgan fingerprint density at radius 1 is 0.784 bits per heavy atom.